The van der Waals surface area contributed by atoms with Crippen molar-refractivity contribution in [1.29, 1.82) is 0 Å². The van der Waals surface area contributed by atoms with Gasteiger partial charge in [0.15, 0.2) is 0 Å². The number of rotatable bonds is 45. The monoisotopic (exact) mass is 889 g/mol. The summed E-state index contributed by atoms with van der Waals surface area (Å²) in [5.41, 5.74) is 0. The number of nitrogens with one attached hydrogen (secondary N) is 6. The van der Waals surface area contributed by atoms with Crippen molar-refractivity contribution in [3.63, 3.8) is 0 Å². The summed E-state index contributed by atoms with van der Waals surface area (Å²) in [7, 11) is 3.33. The van der Waals surface area contributed by atoms with E-state index in [0.717, 1.165) is 51.4 Å². The van der Waals surface area contributed by atoms with Crippen molar-refractivity contribution in [2.45, 2.75) is 147 Å². The van der Waals surface area contributed by atoms with Gasteiger partial charge in [0.2, 0.25) is 29.5 Å². The summed E-state index contributed by atoms with van der Waals surface area (Å²) in [4.78, 5) is 82.1. The Morgan fingerprint density at radius 3 is 1.35 bits per heavy atom. The van der Waals surface area contributed by atoms with E-state index >= 15 is 0 Å². The van der Waals surface area contributed by atoms with Crippen molar-refractivity contribution >= 4 is 41.5 Å². The lowest BCUT2D eigenvalue weighted by Crippen LogP contribution is -2.41. The standard InChI is InChI=1S/C43H80N6O13/c1-44-35(42(56)45-2)19-17-18-24-46-39(52)33-61-31-30-60-28-26-48-40(53)34-62-32-29-59-27-25-47-37(50)23-22-36(43(57)58)49-38(51)20-15-13-11-9-7-5-3-4-6-8-10-12-14-16-21-41(54)55/h35-36,44H,3-34H2,1-2H3,(H,45,56)(H,46,52)(H,47,50)(H,48,53)(H,49,51)(H,54,55)(H,57,58). The molecular weight excluding hydrogens is 809 g/mol. The lowest BCUT2D eigenvalue weighted by Gasteiger charge is -2.14. The van der Waals surface area contributed by atoms with E-state index in [4.69, 9.17) is 24.1 Å². The molecule has 0 spiro atoms. The molecular formula is C43H80N6O13. The van der Waals surface area contributed by atoms with Crippen molar-refractivity contribution < 1.29 is 62.7 Å². The van der Waals surface area contributed by atoms with Gasteiger partial charge in [0, 0.05) is 45.9 Å². The van der Waals surface area contributed by atoms with Crippen LogP contribution in [0.1, 0.15) is 135 Å². The number of amides is 5. The Morgan fingerprint density at radius 2 is 0.887 bits per heavy atom. The van der Waals surface area contributed by atoms with E-state index in [-0.39, 0.29) is 127 Å². The minimum Gasteiger partial charge on any atom is -0.481 e. The first-order valence-corrected chi connectivity index (χ1v) is 22.7. The molecule has 8 N–H and O–H groups in total. The molecule has 19 heteroatoms. The molecule has 0 saturated heterocycles. The van der Waals surface area contributed by atoms with Crippen molar-refractivity contribution in [2.24, 2.45) is 0 Å². The van der Waals surface area contributed by atoms with Crippen LogP contribution in [-0.4, -0.2) is 150 Å². The van der Waals surface area contributed by atoms with Gasteiger partial charge >= 0.3 is 11.9 Å². The molecule has 0 aliphatic carbocycles. The van der Waals surface area contributed by atoms with Gasteiger partial charge in [-0.15, -0.1) is 0 Å². The van der Waals surface area contributed by atoms with Crippen LogP contribution in [-0.2, 0) is 52.5 Å². The van der Waals surface area contributed by atoms with E-state index < -0.39 is 18.0 Å². The van der Waals surface area contributed by atoms with Crippen molar-refractivity contribution in [3.05, 3.63) is 0 Å². The number of unbranched alkanes of at least 4 members (excludes halogenated alkanes) is 14. The molecule has 0 radical (unpaired) electrons. The van der Waals surface area contributed by atoms with Gasteiger partial charge in [0.05, 0.1) is 45.7 Å². The maximum Gasteiger partial charge on any atom is 0.326 e. The highest BCUT2D eigenvalue weighted by Gasteiger charge is 2.21. The smallest absolute Gasteiger partial charge is 0.326 e. The Hall–Kier alpha value is -3.91. The zero-order chi connectivity index (χ0) is 45.9. The third-order valence-electron chi connectivity index (χ3n) is 9.84. The van der Waals surface area contributed by atoms with Crippen LogP contribution in [0.3, 0.4) is 0 Å². The van der Waals surface area contributed by atoms with Crippen LogP contribution >= 0.6 is 0 Å². The minimum atomic E-state index is -1.18. The maximum atomic E-state index is 12.3. The fourth-order valence-electron chi connectivity index (χ4n) is 6.25. The predicted molar refractivity (Wildman–Crippen MR) is 233 cm³/mol. The highest BCUT2D eigenvalue weighted by Crippen LogP contribution is 2.14. The van der Waals surface area contributed by atoms with Crippen LogP contribution in [0, 0.1) is 0 Å². The summed E-state index contributed by atoms with van der Waals surface area (Å²) in [6, 6.07) is -1.39. The number of carboxylic acid groups (broad SMARTS) is 2. The third kappa shape index (κ3) is 39.0. The first-order valence-electron chi connectivity index (χ1n) is 22.7. The second kappa shape index (κ2) is 42.4. The van der Waals surface area contributed by atoms with Gasteiger partial charge in [-0.25, -0.2) is 4.79 Å². The first-order chi connectivity index (χ1) is 30.0. The van der Waals surface area contributed by atoms with Gasteiger partial charge in [-0.3, -0.25) is 28.8 Å². The summed E-state index contributed by atoms with van der Waals surface area (Å²) in [5, 5.41) is 34.4. The van der Waals surface area contributed by atoms with Crippen LogP contribution < -0.4 is 31.9 Å². The fourth-order valence-corrected chi connectivity index (χ4v) is 6.25. The SMILES string of the molecule is CNC(=O)C(CCCCNC(=O)COCCOCCNC(=O)COCCOCCNC(=O)CCC(NC(=O)CCCCCCCCCCCCCCCCC(=O)O)C(=O)O)NC. The number of carbonyl (C=O) groups is 7. The Balaban J connectivity index is 3.66. The second-order valence-electron chi connectivity index (χ2n) is 15.2. The van der Waals surface area contributed by atoms with Crippen LogP contribution in [0.25, 0.3) is 0 Å². The van der Waals surface area contributed by atoms with Gasteiger partial charge in [0.1, 0.15) is 19.3 Å². The summed E-state index contributed by atoms with van der Waals surface area (Å²) < 4.78 is 21.4. The molecule has 0 bridgehead atoms. The molecule has 19 nitrogen and oxygen atoms in total. The quantitative estimate of drug-likeness (QED) is 0.0409. The molecule has 2 atom stereocenters. The molecule has 0 fully saturated rings. The molecule has 0 heterocycles. The van der Waals surface area contributed by atoms with E-state index in [1.807, 2.05) is 0 Å². The molecule has 0 rings (SSSR count). The topological polar surface area (TPSA) is 269 Å². The normalized spacial score (nSPS) is 12.0. The average molecular weight is 889 g/mol. The molecule has 5 amide bonds. The highest BCUT2D eigenvalue weighted by atomic mass is 16.5. The molecule has 2 unspecified atom stereocenters. The van der Waals surface area contributed by atoms with E-state index in [1.54, 1.807) is 14.1 Å². The number of hydrogen-bond donors (Lipinski definition) is 8. The van der Waals surface area contributed by atoms with Crippen molar-refractivity contribution in [3.8, 4) is 0 Å². The number of ether oxygens (including phenoxy) is 4. The summed E-state index contributed by atoms with van der Waals surface area (Å²) in [6.45, 7) is 2.05. The Bertz CT molecular complexity index is 1210. The molecule has 0 aliphatic heterocycles. The van der Waals surface area contributed by atoms with E-state index in [2.05, 4.69) is 31.9 Å². The number of likely N-dealkylation sites (N-methyl/N-ethyl adjacent to an activating group) is 2. The van der Waals surface area contributed by atoms with E-state index in [9.17, 15) is 38.7 Å². The zero-order valence-corrected chi connectivity index (χ0v) is 37.7. The lowest BCUT2D eigenvalue weighted by molar-refractivity contribution is -0.142. The molecule has 360 valence electrons. The number of carbonyl (C=O) groups excluding carboxylic acids is 5. The maximum absolute atomic E-state index is 12.3. The van der Waals surface area contributed by atoms with Crippen molar-refractivity contribution in [1.82, 2.24) is 31.9 Å². The molecule has 0 aromatic rings. The molecule has 62 heavy (non-hydrogen) atoms. The minimum absolute atomic E-state index is 0.0269. The van der Waals surface area contributed by atoms with Crippen LogP contribution in [0.4, 0.5) is 0 Å². The Kier molecular flexibility index (Phi) is 39.7. The van der Waals surface area contributed by atoms with Gasteiger partial charge < -0.3 is 61.1 Å². The van der Waals surface area contributed by atoms with Crippen LogP contribution in [0.2, 0.25) is 0 Å². The van der Waals surface area contributed by atoms with E-state index in [0.29, 0.717) is 19.4 Å². The number of hydrogen-bond acceptors (Lipinski definition) is 12. The van der Waals surface area contributed by atoms with Crippen LogP contribution in [0.15, 0.2) is 0 Å². The lowest BCUT2D eigenvalue weighted by atomic mass is 10.0. The Labute approximate surface area is 369 Å². The third-order valence-corrected chi connectivity index (χ3v) is 9.84. The van der Waals surface area contributed by atoms with Crippen molar-refractivity contribution in [2.75, 3.05) is 86.6 Å². The molecule has 0 aromatic carbocycles. The second-order valence-corrected chi connectivity index (χ2v) is 15.2. The average Bonchev–Trinajstić information content (AvgIpc) is 3.24. The molecule has 0 aromatic heterocycles. The highest BCUT2D eigenvalue weighted by molar-refractivity contribution is 5.84. The summed E-state index contributed by atoms with van der Waals surface area (Å²) in [6.07, 6.45) is 17.7. The Morgan fingerprint density at radius 1 is 0.435 bits per heavy atom. The predicted octanol–water partition coefficient (Wildman–Crippen LogP) is 2.58. The molecule has 0 saturated carbocycles. The summed E-state index contributed by atoms with van der Waals surface area (Å²) in [5.74, 6) is -3.19. The summed E-state index contributed by atoms with van der Waals surface area (Å²) >= 11 is 0. The fraction of sp³-hybridized carbons (Fsp3) is 0.837. The largest absolute Gasteiger partial charge is 0.481 e. The van der Waals surface area contributed by atoms with E-state index in [1.165, 1.54) is 44.9 Å². The number of carboxylic acids is 2. The first kappa shape index (κ1) is 58.1. The van der Waals surface area contributed by atoms with Gasteiger partial charge in [-0.05, 0) is 45.6 Å². The van der Waals surface area contributed by atoms with Gasteiger partial charge in [-0.1, -0.05) is 77.0 Å². The van der Waals surface area contributed by atoms with Gasteiger partial charge in [0.25, 0.3) is 0 Å². The zero-order valence-electron chi connectivity index (χ0n) is 37.7. The van der Waals surface area contributed by atoms with Gasteiger partial charge in [-0.2, -0.15) is 0 Å². The molecule has 0 aliphatic rings. The van der Waals surface area contributed by atoms with Crippen LogP contribution in [0.5, 0.6) is 0 Å². The number of aliphatic carboxylic acids is 2.